The van der Waals surface area contributed by atoms with Crippen LogP contribution < -0.4 is 16.2 Å². The van der Waals surface area contributed by atoms with Gasteiger partial charge in [0.05, 0.1) is 29.2 Å². The monoisotopic (exact) mass is 711 g/mol. The van der Waals surface area contributed by atoms with Gasteiger partial charge in [-0.05, 0) is 68.8 Å². The lowest BCUT2D eigenvalue weighted by atomic mass is 9.95. The van der Waals surface area contributed by atoms with E-state index in [2.05, 4.69) is 15.2 Å². The summed E-state index contributed by atoms with van der Waals surface area (Å²) < 4.78 is 119. The highest BCUT2D eigenvalue weighted by molar-refractivity contribution is 6.02. The van der Waals surface area contributed by atoms with Crippen LogP contribution >= 0.6 is 0 Å². The molecule has 1 atom stereocenters. The molecule has 6 rings (SSSR count). The Morgan fingerprint density at radius 1 is 0.860 bits per heavy atom. The number of nitrogens with zero attached hydrogens (tertiary/aromatic N) is 2. The Morgan fingerprint density at radius 3 is 1.98 bits per heavy atom. The van der Waals surface area contributed by atoms with Crippen LogP contribution in [0.5, 0.6) is 11.5 Å². The molecule has 0 bridgehead atoms. The molecule has 0 saturated heterocycles. The molecule has 0 saturated carbocycles. The minimum Gasteiger partial charge on any atom is -0.457 e. The molecule has 17 heteroatoms. The molecule has 3 aromatic carbocycles. The Hall–Kier alpha value is -5.19. The fourth-order valence-electron chi connectivity index (χ4n) is 5.21. The maximum atomic E-state index is 14.3. The zero-order chi connectivity index (χ0) is 37.0. The van der Waals surface area contributed by atoms with E-state index in [0.717, 1.165) is 4.90 Å². The summed E-state index contributed by atoms with van der Waals surface area (Å²) >= 11 is 0. The van der Waals surface area contributed by atoms with Gasteiger partial charge in [0.1, 0.15) is 22.9 Å². The highest BCUT2D eigenvalue weighted by atomic mass is 19.4. The number of hydrogen-bond acceptors (Lipinski definition) is 6. The number of nitrogens with two attached hydrogens (primary N) is 1. The lowest BCUT2D eigenvalue weighted by Crippen LogP contribution is -2.38. The predicted octanol–water partition coefficient (Wildman–Crippen LogP) is 8.29. The van der Waals surface area contributed by atoms with E-state index in [9.17, 15) is 44.7 Å². The van der Waals surface area contributed by atoms with E-state index in [-0.39, 0.29) is 51.0 Å². The van der Waals surface area contributed by atoms with Crippen molar-refractivity contribution in [3.05, 3.63) is 99.2 Å². The number of aromatic amines is 2. The third-order valence-corrected chi connectivity index (χ3v) is 7.01. The number of benzene rings is 3. The van der Waals surface area contributed by atoms with Crippen molar-refractivity contribution in [1.29, 1.82) is 0 Å². The number of rotatable bonds is 6. The molecular weight excluding hydrogens is 682 g/mol. The molecule has 266 valence electrons. The molecule has 0 radical (unpaired) electrons. The molecule has 1 aliphatic rings. The molecule has 0 fully saturated rings. The summed E-state index contributed by atoms with van der Waals surface area (Å²) in [7, 11) is 0. The van der Waals surface area contributed by atoms with Crippen molar-refractivity contribution in [3.63, 3.8) is 0 Å². The van der Waals surface area contributed by atoms with Crippen LogP contribution in [-0.2, 0) is 12.4 Å². The van der Waals surface area contributed by atoms with Gasteiger partial charge in [0.25, 0.3) is 11.8 Å². The Bertz CT molecular complexity index is 2050. The number of ether oxygens (including phenoxy) is 1. The highest BCUT2D eigenvalue weighted by Crippen LogP contribution is 2.45. The number of halogens is 8. The van der Waals surface area contributed by atoms with Gasteiger partial charge in [0.15, 0.2) is 5.58 Å². The summed E-state index contributed by atoms with van der Waals surface area (Å²) in [6, 6.07) is 9.37. The van der Waals surface area contributed by atoms with Gasteiger partial charge in [-0.3, -0.25) is 14.9 Å². The molecule has 3 heterocycles. The second kappa shape index (κ2) is 12.6. The van der Waals surface area contributed by atoms with Crippen molar-refractivity contribution >= 4 is 17.0 Å². The maximum absolute atomic E-state index is 14.3. The Labute approximate surface area is 278 Å². The Balaban J connectivity index is 0.000000908. The zero-order valence-corrected chi connectivity index (χ0v) is 26.7. The average Bonchev–Trinajstić information content (AvgIpc) is 3.64. The van der Waals surface area contributed by atoms with Crippen LogP contribution in [-0.4, -0.2) is 44.0 Å². The van der Waals surface area contributed by atoms with Crippen LogP contribution in [0.1, 0.15) is 66.5 Å². The van der Waals surface area contributed by atoms with Gasteiger partial charge in [-0.25, -0.2) is 13.6 Å². The summed E-state index contributed by atoms with van der Waals surface area (Å²) in [6.07, 6.45) is -10.2. The van der Waals surface area contributed by atoms with E-state index in [1.165, 1.54) is 24.3 Å². The van der Waals surface area contributed by atoms with Crippen molar-refractivity contribution in [3.8, 4) is 22.8 Å². The van der Waals surface area contributed by atoms with Crippen LogP contribution in [0.15, 0.2) is 69.9 Å². The Morgan fingerprint density at radius 2 is 1.44 bits per heavy atom. The first-order valence-electron chi connectivity index (χ1n) is 14.7. The summed E-state index contributed by atoms with van der Waals surface area (Å²) in [4.78, 5) is 28.6. The lowest BCUT2D eigenvalue weighted by Gasteiger charge is -2.28. The predicted molar refractivity (Wildman–Crippen MR) is 165 cm³/mol. The largest absolute Gasteiger partial charge is 0.457 e. The number of aromatic nitrogens is 3. The molecule has 1 unspecified atom stereocenters. The zero-order valence-electron chi connectivity index (χ0n) is 26.7. The highest BCUT2D eigenvalue weighted by Gasteiger charge is 2.45. The van der Waals surface area contributed by atoms with Crippen molar-refractivity contribution in [2.45, 2.75) is 57.6 Å². The fourth-order valence-corrected chi connectivity index (χ4v) is 5.21. The van der Waals surface area contributed by atoms with E-state index in [1.54, 1.807) is 18.2 Å². The van der Waals surface area contributed by atoms with Crippen LogP contribution in [0.3, 0.4) is 0 Å². The first kappa shape index (κ1) is 36.1. The molecule has 5 aromatic rings. The Kier molecular flexibility index (Phi) is 9.10. The quantitative estimate of drug-likeness (QED) is 0.152. The van der Waals surface area contributed by atoms with Crippen LogP contribution in [0.4, 0.5) is 35.1 Å². The van der Waals surface area contributed by atoms with Gasteiger partial charge in [0, 0.05) is 23.6 Å². The number of H-pyrrole nitrogens is 2. The van der Waals surface area contributed by atoms with Gasteiger partial charge in [0.2, 0.25) is 0 Å². The molecule has 50 heavy (non-hydrogen) atoms. The smallest absolute Gasteiger partial charge is 0.417 e. The van der Waals surface area contributed by atoms with E-state index >= 15 is 0 Å². The standard InChI is InChI=1S/C29H18F8N4O4.C4H11N/c1-27(30,31)12-41-23(20-21(39-40-22(20)25(41)42)18-3-2-4-19-24(18)45-26(43)38-19)13-5-7-16(8-6-13)44-17-10-14(28(32,33)34)9-15(11-17)29(35,36)37;1-4(2,3)5/h2-11,23H,12H2,1H3,(H,38,43)(H,39,40);5H2,1-3H3. The van der Waals surface area contributed by atoms with Crippen molar-refractivity contribution < 1.29 is 49.1 Å². The molecule has 2 aromatic heterocycles. The number of hydrogen-bond donors (Lipinski definition) is 3. The lowest BCUT2D eigenvalue weighted by molar-refractivity contribution is -0.143. The number of carbonyl (C=O) groups excluding carboxylic acids is 1. The fraction of sp³-hybridized carbons (Fsp3) is 0.303. The molecular formula is C33H29F8N5O4. The second-order valence-corrected chi connectivity index (χ2v) is 12.7. The number of oxazole rings is 1. The first-order chi connectivity index (χ1) is 23.0. The van der Waals surface area contributed by atoms with E-state index in [0.29, 0.717) is 24.6 Å². The van der Waals surface area contributed by atoms with Crippen LogP contribution in [0.25, 0.3) is 22.4 Å². The van der Waals surface area contributed by atoms with Gasteiger partial charge in [-0.2, -0.15) is 31.4 Å². The van der Waals surface area contributed by atoms with E-state index in [4.69, 9.17) is 14.9 Å². The number of nitrogens with one attached hydrogen (secondary N) is 2. The van der Waals surface area contributed by atoms with Crippen molar-refractivity contribution in [2.24, 2.45) is 5.73 Å². The first-order valence-corrected chi connectivity index (χ1v) is 14.7. The summed E-state index contributed by atoms with van der Waals surface area (Å²) in [6.45, 7) is 5.51. The van der Waals surface area contributed by atoms with Gasteiger partial charge >= 0.3 is 18.1 Å². The third kappa shape index (κ3) is 7.98. The molecule has 1 aliphatic heterocycles. The SMILES string of the molecule is CC(C)(C)N.CC(F)(F)CN1C(=O)c2[nH]nc(-c3cccc4[nH]c(=O)oc34)c2C1c1ccc(Oc2cc(C(F)(F)F)cc(C(F)(F)F)c2)cc1. The average molecular weight is 712 g/mol. The number of carbonyl (C=O) groups is 1. The van der Waals surface area contributed by atoms with Crippen molar-refractivity contribution in [1.82, 2.24) is 20.1 Å². The normalized spacial score (nSPS) is 15.3. The third-order valence-electron chi connectivity index (χ3n) is 7.01. The van der Waals surface area contributed by atoms with E-state index in [1.807, 2.05) is 20.8 Å². The van der Waals surface area contributed by atoms with Gasteiger partial charge in [-0.15, -0.1) is 0 Å². The molecule has 0 aliphatic carbocycles. The van der Waals surface area contributed by atoms with Crippen molar-refractivity contribution in [2.75, 3.05) is 6.54 Å². The van der Waals surface area contributed by atoms with E-state index < -0.39 is 59.4 Å². The number of alkyl halides is 8. The summed E-state index contributed by atoms with van der Waals surface area (Å²) in [5.74, 6) is -5.81. The van der Waals surface area contributed by atoms with Gasteiger partial charge < -0.3 is 19.8 Å². The molecule has 9 nitrogen and oxygen atoms in total. The molecule has 0 spiro atoms. The van der Waals surface area contributed by atoms with Crippen LogP contribution in [0.2, 0.25) is 0 Å². The number of amides is 1. The number of para-hydroxylation sites is 1. The maximum Gasteiger partial charge on any atom is 0.417 e. The molecule has 4 N–H and O–H groups in total. The minimum absolute atomic E-state index is 0. The van der Waals surface area contributed by atoms with Crippen LogP contribution in [0, 0.1) is 0 Å². The minimum atomic E-state index is -5.09. The summed E-state index contributed by atoms with van der Waals surface area (Å²) in [5.41, 5.74) is 3.35. The van der Waals surface area contributed by atoms with Gasteiger partial charge in [-0.1, -0.05) is 18.2 Å². The number of fused-ring (bicyclic) bond motifs is 2. The topological polar surface area (TPSA) is 130 Å². The summed E-state index contributed by atoms with van der Waals surface area (Å²) in [5, 5.41) is 6.79. The second-order valence-electron chi connectivity index (χ2n) is 12.7. The molecule has 1 amide bonds.